The molecule has 6 heteroatoms. The second-order valence-corrected chi connectivity index (χ2v) is 7.55. The third kappa shape index (κ3) is 4.62. The summed E-state index contributed by atoms with van der Waals surface area (Å²) in [6.45, 7) is 4.06. The van der Waals surface area contributed by atoms with E-state index in [2.05, 4.69) is 15.9 Å². The summed E-state index contributed by atoms with van der Waals surface area (Å²) < 4.78 is 23.4. The van der Waals surface area contributed by atoms with E-state index in [1.165, 1.54) is 6.26 Å². The van der Waals surface area contributed by atoms with E-state index in [1.807, 2.05) is 13.0 Å². The zero-order valence-electron chi connectivity index (χ0n) is 11.3. The van der Waals surface area contributed by atoms with E-state index in [9.17, 15) is 13.2 Å². The Morgan fingerprint density at radius 3 is 2.42 bits per heavy atom. The second-order valence-electron chi connectivity index (χ2n) is 4.51. The Bertz CT molecular complexity index is 557. The van der Waals surface area contributed by atoms with E-state index in [1.54, 1.807) is 30.0 Å². The lowest BCUT2D eigenvalue weighted by molar-refractivity contribution is 0.0718. The standard InChI is InChI=1S/C13H18BrNO3S/c1-4-15(10(2)9-19(3,17)18)13(16)11-7-5-6-8-12(11)14/h5-8,10H,4,9H2,1-3H3/t10-/m1/s1. The second kappa shape index (κ2) is 6.52. The van der Waals surface area contributed by atoms with Crippen molar-refractivity contribution in [3.05, 3.63) is 34.3 Å². The summed E-state index contributed by atoms with van der Waals surface area (Å²) >= 11 is 3.34. The van der Waals surface area contributed by atoms with Gasteiger partial charge in [-0.1, -0.05) is 12.1 Å². The van der Waals surface area contributed by atoms with Crippen LogP contribution in [0.3, 0.4) is 0 Å². The minimum absolute atomic E-state index is 0.0307. The first-order valence-corrected chi connectivity index (χ1v) is 8.84. The molecule has 0 aliphatic rings. The molecule has 0 fully saturated rings. The molecule has 0 saturated carbocycles. The van der Waals surface area contributed by atoms with Crippen LogP contribution in [0.1, 0.15) is 24.2 Å². The number of benzene rings is 1. The maximum absolute atomic E-state index is 12.4. The highest BCUT2D eigenvalue weighted by atomic mass is 79.9. The Hall–Kier alpha value is -0.880. The largest absolute Gasteiger partial charge is 0.335 e. The third-order valence-corrected chi connectivity index (χ3v) is 4.56. The Balaban J connectivity index is 2.98. The SMILES string of the molecule is CCN(C(=O)c1ccccc1Br)[C@H](C)CS(C)(=O)=O. The monoisotopic (exact) mass is 347 g/mol. The molecule has 0 saturated heterocycles. The first-order chi connectivity index (χ1) is 8.76. The molecule has 1 amide bonds. The van der Waals surface area contributed by atoms with Crippen LogP contribution in [0, 0.1) is 0 Å². The fourth-order valence-corrected chi connectivity index (χ4v) is 3.48. The van der Waals surface area contributed by atoms with Crippen molar-refractivity contribution in [1.29, 1.82) is 0 Å². The van der Waals surface area contributed by atoms with Gasteiger partial charge in [0.25, 0.3) is 5.91 Å². The van der Waals surface area contributed by atoms with Gasteiger partial charge in [-0.3, -0.25) is 4.79 Å². The van der Waals surface area contributed by atoms with Gasteiger partial charge in [0.2, 0.25) is 0 Å². The molecule has 4 nitrogen and oxygen atoms in total. The van der Waals surface area contributed by atoms with Crippen LogP contribution >= 0.6 is 15.9 Å². The lowest BCUT2D eigenvalue weighted by atomic mass is 10.1. The lowest BCUT2D eigenvalue weighted by Crippen LogP contribution is -2.42. The normalized spacial score (nSPS) is 13.1. The summed E-state index contributed by atoms with van der Waals surface area (Å²) in [5.41, 5.74) is 0.546. The number of carbonyl (C=O) groups is 1. The topological polar surface area (TPSA) is 54.5 Å². The molecule has 0 unspecified atom stereocenters. The van der Waals surface area contributed by atoms with Gasteiger partial charge in [0.15, 0.2) is 0 Å². The van der Waals surface area contributed by atoms with Crippen molar-refractivity contribution in [2.45, 2.75) is 19.9 Å². The summed E-state index contributed by atoms with van der Waals surface area (Å²) in [7, 11) is -3.11. The Morgan fingerprint density at radius 1 is 1.37 bits per heavy atom. The Labute approximate surface area is 122 Å². The molecule has 0 bridgehead atoms. The van der Waals surface area contributed by atoms with Crippen molar-refractivity contribution in [2.24, 2.45) is 0 Å². The van der Waals surface area contributed by atoms with Gasteiger partial charge in [0.1, 0.15) is 9.84 Å². The number of carbonyl (C=O) groups excluding carboxylic acids is 1. The van der Waals surface area contributed by atoms with Gasteiger partial charge in [0.05, 0.1) is 11.3 Å². The van der Waals surface area contributed by atoms with E-state index in [0.717, 1.165) is 0 Å². The highest BCUT2D eigenvalue weighted by Gasteiger charge is 2.24. The fraction of sp³-hybridized carbons (Fsp3) is 0.462. The predicted octanol–water partition coefficient (Wildman–Crippen LogP) is 2.34. The van der Waals surface area contributed by atoms with Gasteiger partial charge >= 0.3 is 0 Å². The molecule has 1 rings (SSSR count). The maximum atomic E-state index is 12.4. The van der Waals surface area contributed by atoms with E-state index in [0.29, 0.717) is 16.6 Å². The van der Waals surface area contributed by atoms with Crippen LogP contribution in [0.4, 0.5) is 0 Å². The molecular weight excluding hydrogens is 330 g/mol. The van der Waals surface area contributed by atoms with Crippen LogP contribution < -0.4 is 0 Å². The van der Waals surface area contributed by atoms with Crippen LogP contribution in [0.5, 0.6) is 0 Å². The highest BCUT2D eigenvalue weighted by Crippen LogP contribution is 2.19. The number of sulfone groups is 1. The summed E-state index contributed by atoms with van der Waals surface area (Å²) in [6, 6.07) is 6.79. The molecule has 0 radical (unpaired) electrons. The van der Waals surface area contributed by atoms with Crippen LogP contribution in [0.25, 0.3) is 0 Å². The Morgan fingerprint density at radius 2 is 1.95 bits per heavy atom. The van der Waals surface area contributed by atoms with Crippen molar-refractivity contribution in [3.8, 4) is 0 Å². The smallest absolute Gasteiger partial charge is 0.255 e. The van der Waals surface area contributed by atoms with Gasteiger partial charge in [-0.25, -0.2) is 8.42 Å². The summed E-state index contributed by atoms with van der Waals surface area (Å²) in [4.78, 5) is 14.0. The van der Waals surface area contributed by atoms with Crippen LogP contribution in [-0.4, -0.2) is 43.8 Å². The van der Waals surface area contributed by atoms with E-state index < -0.39 is 9.84 Å². The molecule has 0 heterocycles. The predicted molar refractivity (Wildman–Crippen MR) is 80.0 cm³/mol. The zero-order valence-corrected chi connectivity index (χ0v) is 13.7. The van der Waals surface area contributed by atoms with Gasteiger partial charge in [-0.2, -0.15) is 0 Å². The van der Waals surface area contributed by atoms with Crippen LogP contribution in [0.2, 0.25) is 0 Å². The van der Waals surface area contributed by atoms with Crippen molar-refractivity contribution >= 4 is 31.7 Å². The number of halogens is 1. The fourth-order valence-electron chi connectivity index (χ4n) is 1.97. The average Bonchev–Trinajstić information content (AvgIpc) is 2.27. The lowest BCUT2D eigenvalue weighted by Gasteiger charge is -2.28. The third-order valence-electron chi connectivity index (χ3n) is 2.78. The highest BCUT2D eigenvalue weighted by molar-refractivity contribution is 9.10. The molecule has 0 aliphatic carbocycles. The average molecular weight is 348 g/mol. The summed E-state index contributed by atoms with van der Waals surface area (Å²) in [5.74, 6) is -0.192. The molecule has 106 valence electrons. The van der Waals surface area contributed by atoms with Gasteiger partial charge < -0.3 is 4.90 Å². The molecule has 1 aromatic carbocycles. The van der Waals surface area contributed by atoms with Crippen molar-refractivity contribution in [3.63, 3.8) is 0 Å². The van der Waals surface area contributed by atoms with Crippen molar-refractivity contribution < 1.29 is 13.2 Å². The number of hydrogen-bond acceptors (Lipinski definition) is 3. The van der Waals surface area contributed by atoms with Gasteiger partial charge in [-0.05, 0) is 41.9 Å². The van der Waals surface area contributed by atoms with Crippen LogP contribution in [0.15, 0.2) is 28.7 Å². The minimum atomic E-state index is -3.11. The zero-order chi connectivity index (χ0) is 14.6. The minimum Gasteiger partial charge on any atom is -0.335 e. The number of nitrogens with zero attached hydrogens (tertiary/aromatic N) is 1. The molecule has 1 atom stereocenters. The molecule has 0 aliphatic heterocycles. The quantitative estimate of drug-likeness (QED) is 0.821. The molecule has 0 N–H and O–H groups in total. The van der Waals surface area contributed by atoms with Gasteiger partial charge in [-0.15, -0.1) is 0 Å². The van der Waals surface area contributed by atoms with E-state index >= 15 is 0 Å². The van der Waals surface area contributed by atoms with Gasteiger partial charge in [0, 0.05) is 23.3 Å². The molecule has 1 aromatic rings. The number of rotatable bonds is 5. The molecule has 19 heavy (non-hydrogen) atoms. The maximum Gasteiger partial charge on any atom is 0.255 e. The number of amides is 1. The summed E-state index contributed by atoms with van der Waals surface area (Å²) in [5, 5.41) is 0. The Kier molecular flexibility index (Phi) is 5.55. The van der Waals surface area contributed by atoms with E-state index in [-0.39, 0.29) is 17.7 Å². The first-order valence-electron chi connectivity index (χ1n) is 5.99. The van der Waals surface area contributed by atoms with Crippen molar-refractivity contribution in [2.75, 3.05) is 18.6 Å². The summed E-state index contributed by atoms with van der Waals surface area (Å²) in [6.07, 6.45) is 1.18. The number of hydrogen-bond donors (Lipinski definition) is 0. The van der Waals surface area contributed by atoms with Crippen molar-refractivity contribution in [1.82, 2.24) is 4.90 Å². The first kappa shape index (κ1) is 16.2. The molecular formula is C13H18BrNO3S. The molecule has 0 spiro atoms. The van der Waals surface area contributed by atoms with E-state index in [4.69, 9.17) is 0 Å². The van der Waals surface area contributed by atoms with Crippen LogP contribution in [-0.2, 0) is 9.84 Å². The molecule has 0 aromatic heterocycles.